The van der Waals surface area contributed by atoms with Crippen LogP contribution >= 0.6 is 0 Å². The molecular formula is C18H16FNO2. The third-order valence-corrected chi connectivity index (χ3v) is 4.57. The fraction of sp³-hybridized carbons (Fsp3) is 0.278. The lowest BCUT2D eigenvalue weighted by Gasteiger charge is -2.42. The van der Waals surface area contributed by atoms with Gasteiger partial charge < -0.3 is 9.64 Å². The van der Waals surface area contributed by atoms with E-state index in [1.165, 1.54) is 23.3 Å². The van der Waals surface area contributed by atoms with E-state index in [1.807, 2.05) is 17.0 Å². The van der Waals surface area contributed by atoms with E-state index in [0.717, 1.165) is 12.0 Å². The summed E-state index contributed by atoms with van der Waals surface area (Å²) >= 11 is 0. The van der Waals surface area contributed by atoms with E-state index in [4.69, 9.17) is 4.74 Å². The minimum absolute atomic E-state index is 0.0428. The Kier molecular flexibility index (Phi) is 3.10. The highest BCUT2D eigenvalue weighted by molar-refractivity contribution is 5.70. The SMILES string of the molecule is O=C1O[C@H](c2ccc(F)cc2)C[C@@H]2c3ccccc3CCN12. The number of fused-ring (bicyclic) bond motifs is 3. The highest BCUT2D eigenvalue weighted by Gasteiger charge is 2.39. The number of hydrogen-bond acceptors (Lipinski definition) is 2. The summed E-state index contributed by atoms with van der Waals surface area (Å²) in [5.74, 6) is -0.282. The zero-order valence-corrected chi connectivity index (χ0v) is 12.0. The Bertz CT molecular complexity index is 713. The van der Waals surface area contributed by atoms with Gasteiger partial charge in [-0.3, -0.25) is 0 Å². The minimum atomic E-state index is -0.319. The number of rotatable bonds is 1. The van der Waals surface area contributed by atoms with Crippen molar-refractivity contribution >= 4 is 6.09 Å². The predicted octanol–water partition coefficient (Wildman–Crippen LogP) is 4.01. The third kappa shape index (κ3) is 2.15. The normalized spacial score (nSPS) is 23.5. The Morgan fingerprint density at radius 2 is 1.86 bits per heavy atom. The van der Waals surface area contributed by atoms with Crippen LogP contribution in [0.1, 0.15) is 35.3 Å². The van der Waals surface area contributed by atoms with Crippen molar-refractivity contribution in [3.8, 4) is 0 Å². The van der Waals surface area contributed by atoms with E-state index in [1.54, 1.807) is 12.1 Å². The van der Waals surface area contributed by atoms with Crippen molar-refractivity contribution in [3.63, 3.8) is 0 Å². The standard InChI is InChI=1S/C18H16FNO2/c19-14-7-5-13(6-8-14)17-11-16-15-4-2-1-3-12(15)9-10-20(16)18(21)22-17/h1-8,16-17H,9-11H2/t16-,17+/m1/s1. The Morgan fingerprint density at radius 3 is 2.68 bits per heavy atom. The van der Waals surface area contributed by atoms with Gasteiger partial charge in [0.05, 0.1) is 6.04 Å². The first kappa shape index (κ1) is 13.3. The molecule has 1 amide bonds. The zero-order valence-electron chi connectivity index (χ0n) is 12.0. The molecule has 0 N–H and O–H groups in total. The van der Waals surface area contributed by atoms with E-state index < -0.39 is 0 Å². The Balaban J connectivity index is 1.68. The van der Waals surface area contributed by atoms with Gasteiger partial charge in [0.2, 0.25) is 0 Å². The van der Waals surface area contributed by atoms with E-state index in [2.05, 4.69) is 12.1 Å². The number of benzene rings is 2. The average molecular weight is 297 g/mol. The van der Waals surface area contributed by atoms with Crippen molar-refractivity contribution in [2.45, 2.75) is 25.0 Å². The molecule has 1 saturated heterocycles. The first-order valence-corrected chi connectivity index (χ1v) is 7.53. The molecule has 2 atom stereocenters. The van der Waals surface area contributed by atoms with Gasteiger partial charge in [-0.2, -0.15) is 0 Å². The van der Waals surface area contributed by atoms with Crippen molar-refractivity contribution in [3.05, 3.63) is 71.0 Å². The van der Waals surface area contributed by atoms with Crippen LogP contribution in [-0.4, -0.2) is 17.5 Å². The lowest BCUT2D eigenvalue weighted by Crippen LogP contribution is -2.45. The lowest BCUT2D eigenvalue weighted by atomic mass is 9.87. The summed E-state index contributed by atoms with van der Waals surface area (Å²) in [7, 11) is 0. The fourth-order valence-corrected chi connectivity index (χ4v) is 3.45. The van der Waals surface area contributed by atoms with E-state index >= 15 is 0 Å². The summed E-state index contributed by atoms with van der Waals surface area (Å²) in [6.07, 6.45) is 0.970. The van der Waals surface area contributed by atoms with E-state index in [0.29, 0.717) is 13.0 Å². The molecule has 22 heavy (non-hydrogen) atoms. The zero-order chi connectivity index (χ0) is 15.1. The van der Waals surface area contributed by atoms with Crippen LogP contribution in [0.2, 0.25) is 0 Å². The Morgan fingerprint density at radius 1 is 1.09 bits per heavy atom. The van der Waals surface area contributed by atoms with Crippen LogP contribution in [0.15, 0.2) is 48.5 Å². The second kappa shape index (κ2) is 5.13. The van der Waals surface area contributed by atoms with Gasteiger partial charge in [-0.1, -0.05) is 36.4 Å². The molecule has 3 nitrogen and oxygen atoms in total. The molecule has 0 saturated carbocycles. The second-order valence-electron chi connectivity index (χ2n) is 5.82. The summed E-state index contributed by atoms with van der Waals surface area (Å²) < 4.78 is 18.6. The minimum Gasteiger partial charge on any atom is -0.441 e. The monoisotopic (exact) mass is 297 g/mol. The molecule has 112 valence electrons. The highest BCUT2D eigenvalue weighted by Crippen LogP contribution is 2.42. The molecule has 2 aromatic carbocycles. The first-order chi connectivity index (χ1) is 10.7. The van der Waals surface area contributed by atoms with Gasteiger partial charge in [-0.25, -0.2) is 9.18 Å². The number of ether oxygens (including phenoxy) is 1. The van der Waals surface area contributed by atoms with Gasteiger partial charge in [0.15, 0.2) is 0 Å². The molecule has 4 rings (SSSR count). The van der Waals surface area contributed by atoms with Crippen molar-refractivity contribution in [2.24, 2.45) is 0 Å². The molecule has 0 spiro atoms. The van der Waals surface area contributed by atoms with Gasteiger partial charge in [0.25, 0.3) is 0 Å². The summed E-state index contributed by atoms with van der Waals surface area (Å²) in [6, 6.07) is 14.5. The number of nitrogens with zero attached hydrogens (tertiary/aromatic N) is 1. The van der Waals surface area contributed by atoms with Gasteiger partial charge in [0, 0.05) is 13.0 Å². The molecule has 2 aromatic rings. The smallest absolute Gasteiger partial charge is 0.410 e. The van der Waals surface area contributed by atoms with Gasteiger partial charge in [-0.15, -0.1) is 0 Å². The van der Waals surface area contributed by atoms with Gasteiger partial charge >= 0.3 is 6.09 Å². The third-order valence-electron chi connectivity index (χ3n) is 4.57. The maximum atomic E-state index is 13.1. The highest BCUT2D eigenvalue weighted by atomic mass is 19.1. The molecular weight excluding hydrogens is 281 g/mol. The van der Waals surface area contributed by atoms with E-state index in [9.17, 15) is 9.18 Å². The molecule has 0 bridgehead atoms. The molecule has 1 fully saturated rings. The topological polar surface area (TPSA) is 29.5 Å². The molecule has 4 heteroatoms. The van der Waals surface area contributed by atoms with Crippen LogP contribution in [0.3, 0.4) is 0 Å². The van der Waals surface area contributed by atoms with Crippen LogP contribution in [0.4, 0.5) is 9.18 Å². The number of cyclic esters (lactones) is 1. The molecule has 0 aromatic heterocycles. The average Bonchev–Trinajstić information content (AvgIpc) is 2.55. The Labute approximate surface area is 128 Å². The summed E-state index contributed by atoms with van der Waals surface area (Å²) in [5, 5.41) is 0. The predicted molar refractivity (Wildman–Crippen MR) is 79.8 cm³/mol. The number of amides is 1. The number of carbonyl (C=O) groups is 1. The Hall–Kier alpha value is -2.36. The summed E-state index contributed by atoms with van der Waals surface area (Å²) in [5.41, 5.74) is 3.35. The van der Waals surface area contributed by atoms with Crippen LogP contribution in [0, 0.1) is 5.82 Å². The molecule has 0 aliphatic carbocycles. The van der Waals surface area contributed by atoms with Crippen LogP contribution in [0.5, 0.6) is 0 Å². The number of carbonyl (C=O) groups excluding carboxylic acids is 1. The van der Waals surface area contributed by atoms with Crippen LogP contribution in [-0.2, 0) is 11.2 Å². The van der Waals surface area contributed by atoms with Crippen LogP contribution < -0.4 is 0 Å². The van der Waals surface area contributed by atoms with Crippen LogP contribution in [0.25, 0.3) is 0 Å². The summed E-state index contributed by atoms with van der Waals surface area (Å²) in [6.45, 7) is 0.691. The second-order valence-corrected chi connectivity index (χ2v) is 5.82. The molecule has 0 radical (unpaired) electrons. The summed E-state index contributed by atoms with van der Waals surface area (Å²) in [4.78, 5) is 14.1. The van der Waals surface area contributed by atoms with Gasteiger partial charge in [0.1, 0.15) is 11.9 Å². The lowest BCUT2D eigenvalue weighted by molar-refractivity contribution is -0.00647. The quantitative estimate of drug-likeness (QED) is 0.796. The number of hydrogen-bond donors (Lipinski definition) is 0. The largest absolute Gasteiger partial charge is 0.441 e. The van der Waals surface area contributed by atoms with Crippen molar-refractivity contribution in [1.29, 1.82) is 0 Å². The van der Waals surface area contributed by atoms with Crippen molar-refractivity contribution < 1.29 is 13.9 Å². The molecule has 2 aliphatic heterocycles. The molecule has 0 unspecified atom stereocenters. The maximum Gasteiger partial charge on any atom is 0.410 e. The van der Waals surface area contributed by atoms with E-state index in [-0.39, 0.29) is 24.1 Å². The van der Waals surface area contributed by atoms with Crippen molar-refractivity contribution in [1.82, 2.24) is 4.90 Å². The molecule has 2 heterocycles. The first-order valence-electron chi connectivity index (χ1n) is 7.53. The van der Waals surface area contributed by atoms with Gasteiger partial charge in [-0.05, 0) is 35.2 Å². The molecule has 2 aliphatic rings. The fourth-order valence-electron chi connectivity index (χ4n) is 3.45. The number of halogens is 1. The van der Waals surface area contributed by atoms with Crippen molar-refractivity contribution in [2.75, 3.05) is 6.54 Å². The maximum absolute atomic E-state index is 13.1.